The lowest BCUT2D eigenvalue weighted by atomic mass is 9.80. The molecule has 1 aliphatic rings. The highest BCUT2D eigenvalue weighted by atomic mass is 14.6. The van der Waals surface area contributed by atoms with Crippen molar-refractivity contribution in [2.24, 2.45) is 17.1 Å². The van der Waals surface area contributed by atoms with Crippen LogP contribution in [0.4, 0.5) is 0 Å². The van der Waals surface area contributed by atoms with Crippen LogP contribution in [-0.2, 0) is 0 Å². The molecule has 0 aliphatic heterocycles. The molecule has 11 heavy (non-hydrogen) atoms. The molecule has 2 N–H and O–H groups in total. The molecule has 0 radical (unpaired) electrons. The van der Waals surface area contributed by atoms with Gasteiger partial charge in [0.2, 0.25) is 0 Å². The van der Waals surface area contributed by atoms with Crippen molar-refractivity contribution in [2.75, 3.05) is 6.54 Å². The molecule has 0 amide bonds. The smallest absolute Gasteiger partial charge is 0.0326 e. The van der Waals surface area contributed by atoms with Gasteiger partial charge in [0.15, 0.2) is 0 Å². The summed E-state index contributed by atoms with van der Waals surface area (Å²) in [6.45, 7) is 4.95. The molecule has 0 bridgehead atoms. The van der Waals surface area contributed by atoms with E-state index in [-0.39, 0.29) is 5.41 Å². The van der Waals surface area contributed by atoms with Gasteiger partial charge in [-0.15, -0.1) is 5.92 Å². The first-order valence-electron chi connectivity index (χ1n) is 4.37. The third kappa shape index (κ3) is 1.57. The fourth-order valence-corrected chi connectivity index (χ4v) is 2.07. The Labute approximate surface area is 69.4 Å². The average Bonchev–Trinajstić information content (AvgIpc) is 2.31. The lowest BCUT2D eigenvalue weighted by molar-refractivity contribution is 0.330. The molecule has 0 heterocycles. The first-order chi connectivity index (χ1) is 5.23. The van der Waals surface area contributed by atoms with Gasteiger partial charge in [0.25, 0.3) is 0 Å². The summed E-state index contributed by atoms with van der Waals surface area (Å²) in [6, 6.07) is 0. The Bertz CT molecular complexity index is 187. The topological polar surface area (TPSA) is 26.0 Å². The Kier molecular flexibility index (Phi) is 2.57. The number of hydrogen-bond donors (Lipinski definition) is 1. The normalized spacial score (nSPS) is 36.5. The molecule has 0 saturated heterocycles. The molecule has 1 saturated carbocycles. The zero-order valence-electron chi connectivity index (χ0n) is 7.48. The van der Waals surface area contributed by atoms with E-state index < -0.39 is 0 Å². The molecule has 62 valence electrons. The molecule has 1 rings (SSSR count). The first kappa shape index (κ1) is 8.62. The van der Waals surface area contributed by atoms with E-state index in [0.717, 1.165) is 6.54 Å². The Morgan fingerprint density at radius 1 is 1.64 bits per heavy atom. The summed E-state index contributed by atoms with van der Waals surface area (Å²) < 4.78 is 0. The van der Waals surface area contributed by atoms with Crippen LogP contribution in [0.5, 0.6) is 0 Å². The van der Waals surface area contributed by atoms with Gasteiger partial charge in [-0.1, -0.05) is 12.3 Å². The number of rotatable bonds is 1. The van der Waals surface area contributed by atoms with Crippen LogP contribution < -0.4 is 5.73 Å². The van der Waals surface area contributed by atoms with Gasteiger partial charge < -0.3 is 5.73 Å². The minimum Gasteiger partial charge on any atom is -0.330 e. The third-order valence-electron chi connectivity index (χ3n) is 2.84. The molecule has 0 aromatic carbocycles. The average molecular weight is 151 g/mol. The molecule has 2 unspecified atom stereocenters. The SMILES string of the molecule is CC#CC1(C)CCCC1CN. The monoisotopic (exact) mass is 151 g/mol. The van der Waals surface area contributed by atoms with Crippen molar-refractivity contribution in [3.8, 4) is 11.8 Å². The molecule has 1 heteroatoms. The van der Waals surface area contributed by atoms with Gasteiger partial charge in [-0.25, -0.2) is 0 Å². The van der Waals surface area contributed by atoms with E-state index in [2.05, 4.69) is 18.8 Å². The largest absolute Gasteiger partial charge is 0.330 e. The van der Waals surface area contributed by atoms with Crippen LogP contribution in [0.2, 0.25) is 0 Å². The van der Waals surface area contributed by atoms with Gasteiger partial charge in [-0.3, -0.25) is 0 Å². The van der Waals surface area contributed by atoms with Crippen LogP contribution in [0, 0.1) is 23.2 Å². The van der Waals surface area contributed by atoms with Crippen LogP contribution in [0.15, 0.2) is 0 Å². The van der Waals surface area contributed by atoms with Gasteiger partial charge in [0, 0.05) is 5.41 Å². The van der Waals surface area contributed by atoms with Crippen LogP contribution in [0.1, 0.15) is 33.1 Å². The van der Waals surface area contributed by atoms with Crippen molar-refractivity contribution < 1.29 is 0 Å². The van der Waals surface area contributed by atoms with Gasteiger partial charge in [0.1, 0.15) is 0 Å². The zero-order chi connectivity index (χ0) is 8.32. The summed E-state index contributed by atoms with van der Waals surface area (Å²) >= 11 is 0. The van der Waals surface area contributed by atoms with Crippen molar-refractivity contribution in [2.45, 2.75) is 33.1 Å². The van der Waals surface area contributed by atoms with Gasteiger partial charge in [-0.2, -0.15) is 0 Å². The van der Waals surface area contributed by atoms with Crippen LogP contribution in [-0.4, -0.2) is 6.54 Å². The van der Waals surface area contributed by atoms with Crippen molar-refractivity contribution in [1.29, 1.82) is 0 Å². The van der Waals surface area contributed by atoms with Crippen LogP contribution in [0.3, 0.4) is 0 Å². The predicted molar refractivity (Wildman–Crippen MR) is 48.0 cm³/mol. The van der Waals surface area contributed by atoms with Gasteiger partial charge >= 0.3 is 0 Å². The summed E-state index contributed by atoms with van der Waals surface area (Å²) in [7, 11) is 0. The molecule has 1 aliphatic carbocycles. The zero-order valence-corrected chi connectivity index (χ0v) is 7.48. The van der Waals surface area contributed by atoms with E-state index in [1.54, 1.807) is 0 Å². The van der Waals surface area contributed by atoms with Gasteiger partial charge in [0.05, 0.1) is 0 Å². The van der Waals surface area contributed by atoms with Gasteiger partial charge in [-0.05, 0) is 39.2 Å². The molecular formula is C10H17N. The molecule has 0 aromatic heterocycles. The molecule has 1 fully saturated rings. The van der Waals surface area contributed by atoms with Crippen LogP contribution in [0.25, 0.3) is 0 Å². The van der Waals surface area contributed by atoms with E-state index in [1.807, 2.05) is 6.92 Å². The maximum Gasteiger partial charge on any atom is 0.0326 e. The van der Waals surface area contributed by atoms with Crippen molar-refractivity contribution in [3.05, 3.63) is 0 Å². The van der Waals surface area contributed by atoms with E-state index >= 15 is 0 Å². The fourth-order valence-electron chi connectivity index (χ4n) is 2.07. The summed E-state index contributed by atoms with van der Waals surface area (Å²) in [5.41, 5.74) is 5.90. The Morgan fingerprint density at radius 3 is 2.91 bits per heavy atom. The Balaban J connectivity index is 2.72. The van der Waals surface area contributed by atoms with E-state index in [0.29, 0.717) is 5.92 Å². The Hall–Kier alpha value is -0.480. The highest BCUT2D eigenvalue weighted by molar-refractivity contribution is 5.13. The van der Waals surface area contributed by atoms with Crippen molar-refractivity contribution in [3.63, 3.8) is 0 Å². The minimum atomic E-state index is 0.226. The molecule has 1 nitrogen and oxygen atoms in total. The Morgan fingerprint density at radius 2 is 2.36 bits per heavy atom. The molecular weight excluding hydrogens is 134 g/mol. The molecule has 0 spiro atoms. The van der Waals surface area contributed by atoms with Crippen molar-refractivity contribution in [1.82, 2.24) is 0 Å². The summed E-state index contributed by atoms with van der Waals surface area (Å²) in [6.07, 6.45) is 3.80. The summed E-state index contributed by atoms with van der Waals surface area (Å²) in [5.74, 6) is 6.93. The van der Waals surface area contributed by atoms with E-state index in [9.17, 15) is 0 Å². The lowest BCUT2D eigenvalue weighted by Crippen LogP contribution is -2.26. The summed E-state index contributed by atoms with van der Waals surface area (Å²) in [4.78, 5) is 0. The predicted octanol–water partition coefficient (Wildman–Crippen LogP) is 1.77. The fraction of sp³-hybridized carbons (Fsp3) is 0.800. The lowest BCUT2D eigenvalue weighted by Gasteiger charge is -2.24. The highest BCUT2D eigenvalue weighted by Crippen LogP contribution is 2.41. The summed E-state index contributed by atoms with van der Waals surface area (Å²) in [5, 5.41) is 0. The second-order valence-electron chi connectivity index (χ2n) is 3.62. The quantitative estimate of drug-likeness (QED) is 0.568. The maximum absolute atomic E-state index is 5.67. The highest BCUT2D eigenvalue weighted by Gasteiger charge is 2.35. The van der Waals surface area contributed by atoms with E-state index in [4.69, 9.17) is 5.73 Å². The minimum absolute atomic E-state index is 0.226. The third-order valence-corrected chi connectivity index (χ3v) is 2.84. The maximum atomic E-state index is 5.67. The molecule has 0 aromatic rings. The van der Waals surface area contributed by atoms with E-state index in [1.165, 1.54) is 19.3 Å². The first-order valence-corrected chi connectivity index (χ1v) is 4.37. The van der Waals surface area contributed by atoms with Crippen molar-refractivity contribution >= 4 is 0 Å². The number of hydrogen-bond acceptors (Lipinski definition) is 1. The van der Waals surface area contributed by atoms with Crippen LogP contribution >= 0.6 is 0 Å². The molecule has 2 atom stereocenters. The second kappa shape index (κ2) is 3.28. The second-order valence-corrected chi connectivity index (χ2v) is 3.62. The standard InChI is InChI=1S/C10H17N/c1-3-6-10(2)7-4-5-9(10)8-11/h9H,4-5,7-8,11H2,1-2H3. The number of nitrogens with two attached hydrogens (primary N) is 1.